The van der Waals surface area contributed by atoms with Crippen LogP contribution < -0.4 is 14.8 Å². The third kappa shape index (κ3) is 4.00. The predicted molar refractivity (Wildman–Crippen MR) is 102 cm³/mol. The number of anilines is 1. The Labute approximate surface area is 156 Å². The summed E-state index contributed by atoms with van der Waals surface area (Å²) in [6.45, 7) is 1.40. The summed E-state index contributed by atoms with van der Waals surface area (Å²) in [6, 6.07) is 9.13. The summed E-state index contributed by atoms with van der Waals surface area (Å²) in [6.07, 6.45) is 0. The highest BCUT2D eigenvalue weighted by atomic mass is 32.2. The maximum absolute atomic E-state index is 13.6. The van der Waals surface area contributed by atoms with Crippen molar-refractivity contribution in [1.82, 2.24) is 0 Å². The van der Waals surface area contributed by atoms with Gasteiger partial charge in [-0.1, -0.05) is 12.2 Å². The Balaban J connectivity index is 2.65. The summed E-state index contributed by atoms with van der Waals surface area (Å²) in [5.41, 5.74) is 5.57. The largest absolute Gasteiger partial charge is 0.497 e. The first-order valence-corrected chi connectivity index (χ1v) is 9.53. The Bertz CT molecular complexity index is 944. The minimum absolute atomic E-state index is 0.0427. The molecular formula is C17H17FN2O4S2. The normalized spacial score (nSPS) is 11.0. The maximum atomic E-state index is 13.6. The van der Waals surface area contributed by atoms with E-state index in [0.29, 0.717) is 10.1 Å². The van der Waals surface area contributed by atoms with E-state index in [1.54, 1.807) is 0 Å². The molecule has 0 heterocycles. The Morgan fingerprint density at radius 2 is 1.85 bits per heavy atom. The average molecular weight is 396 g/mol. The summed E-state index contributed by atoms with van der Waals surface area (Å²) in [5, 5.41) is 0. The fourth-order valence-electron chi connectivity index (χ4n) is 2.25. The van der Waals surface area contributed by atoms with Crippen molar-refractivity contribution in [2.24, 2.45) is 5.73 Å². The standard InChI is InChI=1S/C17H17FN2O4S2/c1-3-26(22,23)20(15-9-6-12(18)10-14(15)16(19)25)17(21)11-4-7-13(24-2)8-5-11/h4-10H,3H2,1-2H3,(H2,19,25). The molecule has 26 heavy (non-hydrogen) atoms. The summed E-state index contributed by atoms with van der Waals surface area (Å²) < 4.78 is 44.4. The number of ether oxygens (including phenoxy) is 1. The van der Waals surface area contributed by atoms with Crippen LogP contribution in [0.1, 0.15) is 22.8 Å². The molecule has 0 spiro atoms. The summed E-state index contributed by atoms with van der Waals surface area (Å²) in [7, 11) is -2.56. The molecule has 138 valence electrons. The summed E-state index contributed by atoms with van der Waals surface area (Å²) in [4.78, 5) is 12.7. The van der Waals surface area contributed by atoms with E-state index < -0.39 is 21.7 Å². The van der Waals surface area contributed by atoms with Gasteiger partial charge in [-0.05, 0) is 49.4 Å². The number of carbonyl (C=O) groups excluding carboxylic acids is 1. The zero-order valence-electron chi connectivity index (χ0n) is 14.1. The van der Waals surface area contributed by atoms with Crippen molar-refractivity contribution < 1.29 is 22.3 Å². The molecule has 0 atom stereocenters. The Morgan fingerprint density at radius 1 is 1.23 bits per heavy atom. The van der Waals surface area contributed by atoms with Crippen LogP contribution in [0, 0.1) is 5.82 Å². The number of benzene rings is 2. The van der Waals surface area contributed by atoms with Gasteiger partial charge in [0.2, 0.25) is 10.0 Å². The molecule has 0 unspecified atom stereocenters. The third-order valence-corrected chi connectivity index (χ3v) is 5.48. The first-order valence-electron chi connectivity index (χ1n) is 7.52. The molecule has 0 aliphatic heterocycles. The molecule has 0 bridgehead atoms. The molecule has 0 saturated carbocycles. The van der Waals surface area contributed by atoms with Gasteiger partial charge in [-0.25, -0.2) is 17.1 Å². The lowest BCUT2D eigenvalue weighted by Crippen LogP contribution is -2.39. The number of hydrogen-bond acceptors (Lipinski definition) is 5. The van der Waals surface area contributed by atoms with Crippen molar-refractivity contribution in [3.63, 3.8) is 0 Å². The molecule has 0 saturated heterocycles. The van der Waals surface area contributed by atoms with Crippen LogP contribution in [0.3, 0.4) is 0 Å². The molecule has 0 aliphatic carbocycles. The minimum atomic E-state index is -4.03. The fraction of sp³-hybridized carbons (Fsp3) is 0.176. The molecule has 2 aromatic carbocycles. The molecule has 0 aromatic heterocycles. The Hall–Kier alpha value is -2.52. The highest BCUT2D eigenvalue weighted by Gasteiger charge is 2.31. The van der Waals surface area contributed by atoms with Crippen LogP contribution in [0.25, 0.3) is 0 Å². The number of nitrogens with zero attached hydrogens (tertiary/aromatic N) is 1. The lowest BCUT2D eigenvalue weighted by Gasteiger charge is -2.24. The van der Waals surface area contributed by atoms with Crippen LogP contribution in [0.5, 0.6) is 5.75 Å². The number of halogens is 1. The van der Waals surface area contributed by atoms with Crippen molar-refractivity contribution in [3.05, 3.63) is 59.4 Å². The van der Waals surface area contributed by atoms with E-state index in [4.69, 9.17) is 22.7 Å². The van der Waals surface area contributed by atoms with E-state index >= 15 is 0 Å². The van der Waals surface area contributed by atoms with Crippen LogP contribution in [-0.2, 0) is 10.0 Å². The van der Waals surface area contributed by atoms with Crippen LogP contribution >= 0.6 is 12.2 Å². The summed E-state index contributed by atoms with van der Waals surface area (Å²) >= 11 is 4.89. The lowest BCUT2D eigenvalue weighted by atomic mass is 10.1. The molecular weight excluding hydrogens is 379 g/mol. The first-order chi connectivity index (χ1) is 12.2. The van der Waals surface area contributed by atoms with E-state index in [0.717, 1.165) is 12.1 Å². The van der Waals surface area contributed by atoms with Crippen molar-refractivity contribution in [2.75, 3.05) is 17.2 Å². The number of nitrogens with two attached hydrogens (primary N) is 1. The number of rotatable bonds is 6. The van der Waals surface area contributed by atoms with E-state index in [9.17, 15) is 17.6 Å². The van der Waals surface area contributed by atoms with Crippen molar-refractivity contribution >= 4 is 38.8 Å². The van der Waals surface area contributed by atoms with Gasteiger partial charge in [0.25, 0.3) is 5.91 Å². The van der Waals surface area contributed by atoms with Crippen LogP contribution in [0.4, 0.5) is 10.1 Å². The van der Waals surface area contributed by atoms with Gasteiger partial charge in [0.15, 0.2) is 0 Å². The van der Waals surface area contributed by atoms with Gasteiger partial charge in [-0.15, -0.1) is 0 Å². The molecule has 2 aromatic rings. The molecule has 6 nitrogen and oxygen atoms in total. The highest BCUT2D eigenvalue weighted by Crippen LogP contribution is 2.27. The number of thiocarbonyl (C=S) groups is 1. The average Bonchev–Trinajstić information content (AvgIpc) is 2.62. The topological polar surface area (TPSA) is 89.7 Å². The number of sulfonamides is 1. The number of methoxy groups -OCH3 is 1. The number of amides is 1. The van der Waals surface area contributed by atoms with Gasteiger partial charge in [0.1, 0.15) is 16.6 Å². The van der Waals surface area contributed by atoms with Gasteiger partial charge >= 0.3 is 0 Å². The minimum Gasteiger partial charge on any atom is -0.497 e. The third-order valence-electron chi connectivity index (χ3n) is 3.61. The second kappa shape index (κ2) is 7.79. The van der Waals surface area contributed by atoms with E-state index in [2.05, 4.69) is 0 Å². The Morgan fingerprint density at radius 3 is 2.35 bits per heavy atom. The van der Waals surface area contributed by atoms with Gasteiger partial charge in [0, 0.05) is 11.1 Å². The molecule has 0 aliphatic rings. The molecule has 0 fully saturated rings. The van der Waals surface area contributed by atoms with Crippen LogP contribution in [-0.4, -0.2) is 32.2 Å². The predicted octanol–water partition coefficient (Wildman–Crippen LogP) is 2.47. The molecule has 2 N–H and O–H groups in total. The Kier molecular flexibility index (Phi) is 5.94. The number of carbonyl (C=O) groups is 1. The van der Waals surface area contributed by atoms with Crippen molar-refractivity contribution in [2.45, 2.75) is 6.92 Å². The monoisotopic (exact) mass is 396 g/mol. The fourth-order valence-corrected chi connectivity index (χ4v) is 3.49. The second-order valence-corrected chi connectivity index (χ2v) is 7.77. The molecule has 1 amide bonds. The van der Waals surface area contributed by atoms with Crippen LogP contribution in [0.2, 0.25) is 0 Å². The lowest BCUT2D eigenvalue weighted by molar-refractivity contribution is 0.101. The van der Waals surface area contributed by atoms with Gasteiger partial charge < -0.3 is 10.5 Å². The van der Waals surface area contributed by atoms with Gasteiger partial charge in [-0.3, -0.25) is 4.79 Å². The molecule has 9 heteroatoms. The van der Waals surface area contributed by atoms with E-state index in [1.165, 1.54) is 44.4 Å². The van der Waals surface area contributed by atoms with E-state index in [-0.39, 0.29) is 27.6 Å². The first kappa shape index (κ1) is 19.8. The molecule has 2 rings (SSSR count). The van der Waals surface area contributed by atoms with E-state index in [1.807, 2.05) is 0 Å². The van der Waals surface area contributed by atoms with Crippen LogP contribution in [0.15, 0.2) is 42.5 Å². The highest BCUT2D eigenvalue weighted by molar-refractivity contribution is 7.93. The van der Waals surface area contributed by atoms with Crippen molar-refractivity contribution in [3.8, 4) is 5.75 Å². The SMILES string of the molecule is CCS(=O)(=O)N(C(=O)c1ccc(OC)cc1)c1ccc(F)cc1C(N)=S. The zero-order chi connectivity index (χ0) is 19.5. The zero-order valence-corrected chi connectivity index (χ0v) is 15.7. The van der Waals surface area contributed by atoms with Gasteiger partial charge in [0.05, 0.1) is 18.6 Å². The second-order valence-electron chi connectivity index (χ2n) is 5.22. The van der Waals surface area contributed by atoms with Gasteiger partial charge in [-0.2, -0.15) is 0 Å². The maximum Gasteiger partial charge on any atom is 0.272 e. The smallest absolute Gasteiger partial charge is 0.272 e. The quantitative estimate of drug-likeness (QED) is 0.755. The summed E-state index contributed by atoms with van der Waals surface area (Å²) in [5.74, 6) is -1.29. The van der Waals surface area contributed by atoms with Crippen molar-refractivity contribution in [1.29, 1.82) is 0 Å². The number of hydrogen-bond donors (Lipinski definition) is 1. The molecule has 0 radical (unpaired) electrons.